The van der Waals surface area contributed by atoms with Crippen molar-refractivity contribution in [1.82, 2.24) is 4.57 Å². The first-order valence-electron chi connectivity index (χ1n) is 8.71. The molecule has 3 aromatic rings. The van der Waals surface area contributed by atoms with Crippen molar-refractivity contribution < 1.29 is 28.7 Å². The Labute approximate surface area is 173 Å². The summed E-state index contributed by atoms with van der Waals surface area (Å²) in [5.41, 5.74) is 0.967. The fourth-order valence-corrected chi connectivity index (χ4v) is 4.02. The SMILES string of the molecule is COC(=O)Cn1c(=NC(=O)c2ccc(C)c([N+](=O)[O-])c2)sc2cc3c(cc21)OCO3. The Morgan fingerprint density at radius 3 is 2.70 bits per heavy atom. The van der Waals surface area contributed by atoms with Gasteiger partial charge in [0, 0.05) is 29.3 Å². The van der Waals surface area contributed by atoms with Crippen LogP contribution >= 0.6 is 11.3 Å². The van der Waals surface area contributed by atoms with E-state index in [4.69, 9.17) is 14.2 Å². The van der Waals surface area contributed by atoms with Crippen LogP contribution in [0.15, 0.2) is 35.3 Å². The summed E-state index contributed by atoms with van der Waals surface area (Å²) in [6.07, 6.45) is 0. The monoisotopic (exact) mass is 429 g/mol. The van der Waals surface area contributed by atoms with Gasteiger partial charge in [-0.15, -0.1) is 0 Å². The fourth-order valence-electron chi connectivity index (χ4n) is 2.98. The number of rotatable bonds is 4. The maximum Gasteiger partial charge on any atom is 0.325 e. The number of nitro benzene ring substituents is 1. The molecule has 154 valence electrons. The molecule has 1 aliphatic rings. The van der Waals surface area contributed by atoms with Crippen molar-refractivity contribution in [1.29, 1.82) is 0 Å². The number of nitro groups is 1. The molecule has 1 amide bonds. The Morgan fingerprint density at radius 2 is 2.00 bits per heavy atom. The van der Waals surface area contributed by atoms with Crippen LogP contribution in [0.25, 0.3) is 10.2 Å². The van der Waals surface area contributed by atoms with Crippen LogP contribution in [0.2, 0.25) is 0 Å². The van der Waals surface area contributed by atoms with Crippen molar-refractivity contribution in [3.8, 4) is 11.5 Å². The number of methoxy groups -OCH3 is 1. The minimum Gasteiger partial charge on any atom is -0.468 e. The highest BCUT2D eigenvalue weighted by Gasteiger charge is 2.20. The molecule has 0 unspecified atom stereocenters. The predicted molar refractivity (Wildman–Crippen MR) is 106 cm³/mol. The molecule has 1 aliphatic heterocycles. The van der Waals surface area contributed by atoms with Crippen molar-refractivity contribution in [2.75, 3.05) is 13.9 Å². The number of aryl methyl sites for hydroxylation is 1. The van der Waals surface area contributed by atoms with Gasteiger partial charge in [0.05, 0.1) is 22.2 Å². The lowest BCUT2D eigenvalue weighted by molar-refractivity contribution is -0.385. The van der Waals surface area contributed by atoms with E-state index in [1.165, 1.54) is 41.2 Å². The second-order valence-electron chi connectivity index (χ2n) is 6.40. The molecule has 4 rings (SSSR count). The summed E-state index contributed by atoms with van der Waals surface area (Å²) < 4.78 is 17.8. The number of esters is 1. The van der Waals surface area contributed by atoms with E-state index >= 15 is 0 Å². The second kappa shape index (κ2) is 7.59. The van der Waals surface area contributed by atoms with E-state index in [1.54, 1.807) is 19.1 Å². The number of thiazole rings is 1. The maximum atomic E-state index is 12.7. The van der Waals surface area contributed by atoms with Crippen LogP contribution in [0.1, 0.15) is 15.9 Å². The van der Waals surface area contributed by atoms with Gasteiger partial charge in [-0.3, -0.25) is 19.7 Å². The number of amides is 1. The lowest BCUT2D eigenvalue weighted by atomic mass is 10.1. The molecule has 0 saturated heterocycles. The van der Waals surface area contributed by atoms with Crippen LogP contribution in [0.4, 0.5) is 5.69 Å². The number of aromatic nitrogens is 1. The number of carbonyl (C=O) groups excluding carboxylic acids is 2. The summed E-state index contributed by atoms with van der Waals surface area (Å²) in [4.78, 5) is 39.6. The predicted octanol–water partition coefficient (Wildman–Crippen LogP) is 2.56. The number of hydrogen-bond acceptors (Lipinski definition) is 8. The largest absolute Gasteiger partial charge is 0.468 e. The molecule has 0 N–H and O–H groups in total. The molecule has 0 saturated carbocycles. The molecule has 0 spiro atoms. The quantitative estimate of drug-likeness (QED) is 0.355. The summed E-state index contributed by atoms with van der Waals surface area (Å²) in [5.74, 6) is -0.109. The average Bonchev–Trinajstić information content (AvgIpc) is 3.30. The molecule has 11 heteroatoms. The highest BCUT2D eigenvalue weighted by molar-refractivity contribution is 7.16. The zero-order valence-electron chi connectivity index (χ0n) is 15.9. The van der Waals surface area contributed by atoms with Gasteiger partial charge in [0.2, 0.25) is 6.79 Å². The first-order valence-corrected chi connectivity index (χ1v) is 9.53. The topological polar surface area (TPSA) is 122 Å². The third-order valence-electron chi connectivity index (χ3n) is 4.54. The minimum absolute atomic E-state index is 0.0727. The van der Waals surface area contributed by atoms with Crippen molar-refractivity contribution >= 4 is 39.1 Å². The molecule has 0 fully saturated rings. The first kappa shape index (κ1) is 19.6. The summed E-state index contributed by atoms with van der Waals surface area (Å²) in [6.45, 7) is 1.52. The molecular formula is C19H15N3O7S. The zero-order valence-corrected chi connectivity index (χ0v) is 16.7. The standard InChI is InChI=1S/C19H15N3O7S/c1-10-3-4-11(5-12(10)22(25)26)18(24)20-19-21(8-17(23)27-2)13-6-14-15(29-9-28-14)7-16(13)30-19/h3-7H,8-9H2,1-2H3. The molecule has 2 heterocycles. The van der Waals surface area contributed by atoms with Gasteiger partial charge in [0.25, 0.3) is 11.6 Å². The van der Waals surface area contributed by atoms with Gasteiger partial charge in [0.1, 0.15) is 6.54 Å². The molecule has 30 heavy (non-hydrogen) atoms. The summed E-state index contributed by atoms with van der Waals surface area (Å²) in [6, 6.07) is 7.61. The lowest BCUT2D eigenvalue weighted by Gasteiger charge is -2.04. The molecule has 1 aromatic heterocycles. The van der Waals surface area contributed by atoms with Crippen molar-refractivity contribution in [3.05, 3.63) is 56.4 Å². The first-order chi connectivity index (χ1) is 14.4. The normalized spacial score (nSPS) is 12.9. The number of carbonyl (C=O) groups is 2. The Hall–Kier alpha value is -3.73. The summed E-state index contributed by atoms with van der Waals surface area (Å²) >= 11 is 1.18. The van der Waals surface area contributed by atoms with Crippen LogP contribution in [0.3, 0.4) is 0 Å². The van der Waals surface area contributed by atoms with Crippen LogP contribution in [0.5, 0.6) is 11.5 Å². The summed E-state index contributed by atoms with van der Waals surface area (Å²) in [7, 11) is 1.26. The van der Waals surface area contributed by atoms with Crippen LogP contribution in [-0.2, 0) is 16.1 Å². The zero-order chi connectivity index (χ0) is 21.4. The van der Waals surface area contributed by atoms with E-state index in [2.05, 4.69) is 4.99 Å². The highest BCUT2D eigenvalue weighted by Crippen LogP contribution is 2.37. The van der Waals surface area contributed by atoms with Crippen molar-refractivity contribution in [3.63, 3.8) is 0 Å². The smallest absolute Gasteiger partial charge is 0.325 e. The third-order valence-corrected chi connectivity index (χ3v) is 5.58. The van der Waals surface area contributed by atoms with E-state index in [1.807, 2.05) is 0 Å². The van der Waals surface area contributed by atoms with Gasteiger partial charge >= 0.3 is 5.97 Å². The Morgan fingerprint density at radius 1 is 1.27 bits per heavy atom. The molecule has 10 nitrogen and oxygen atoms in total. The van der Waals surface area contributed by atoms with Gasteiger partial charge < -0.3 is 18.8 Å². The van der Waals surface area contributed by atoms with Gasteiger partial charge in [-0.05, 0) is 13.0 Å². The van der Waals surface area contributed by atoms with Gasteiger partial charge in [-0.1, -0.05) is 17.4 Å². The van der Waals surface area contributed by atoms with Gasteiger partial charge in [-0.2, -0.15) is 4.99 Å². The van der Waals surface area contributed by atoms with Crippen LogP contribution in [0, 0.1) is 17.0 Å². The van der Waals surface area contributed by atoms with E-state index in [9.17, 15) is 19.7 Å². The van der Waals surface area contributed by atoms with E-state index in [-0.39, 0.29) is 29.4 Å². The minimum atomic E-state index is -0.664. The molecular weight excluding hydrogens is 414 g/mol. The third kappa shape index (κ3) is 3.50. The Kier molecular flexibility index (Phi) is 4.96. The molecule has 0 bridgehead atoms. The molecule has 2 aromatic carbocycles. The Balaban J connectivity index is 1.84. The molecule has 0 atom stereocenters. The van der Waals surface area contributed by atoms with Crippen molar-refractivity contribution in [2.24, 2.45) is 4.99 Å². The number of nitrogens with zero attached hydrogens (tertiary/aromatic N) is 3. The fraction of sp³-hybridized carbons (Fsp3) is 0.211. The van der Waals surface area contributed by atoms with E-state index in [0.29, 0.717) is 22.6 Å². The van der Waals surface area contributed by atoms with Gasteiger partial charge in [0.15, 0.2) is 16.3 Å². The number of benzene rings is 2. The number of fused-ring (bicyclic) bond motifs is 2. The van der Waals surface area contributed by atoms with Gasteiger partial charge in [-0.25, -0.2) is 0 Å². The maximum absolute atomic E-state index is 12.7. The summed E-state index contributed by atoms with van der Waals surface area (Å²) in [5, 5.41) is 11.2. The number of hydrogen-bond donors (Lipinski definition) is 0. The van der Waals surface area contributed by atoms with Crippen LogP contribution < -0.4 is 14.3 Å². The molecule has 0 aliphatic carbocycles. The second-order valence-corrected chi connectivity index (χ2v) is 7.40. The highest BCUT2D eigenvalue weighted by atomic mass is 32.1. The molecule has 0 radical (unpaired) electrons. The lowest BCUT2D eigenvalue weighted by Crippen LogP contribution is -2.22. The van der Waals surface area contributed by atoms with Crippen LogP contribution in [-0.4, -0.2) is 35.3 Å². The van der Waals surface area contributed by atoms with Crippen molar-refractivity contribution in [2.45, 2.75) is 13.5 Å². The Bertz CT molecular complexity index is 1280. The number of ether oxygens (including phenoxy) is 3. The van der Waals surface area contributed by atoms with E-state index < -0.39 is 16.8 Å². The average molecular weight is 429 g/mol. The van der Waals surface area contributed by atoms with E-state index in [0.717, 1.165) is 4.70 Å².